The molecule has 3 fully saturated rings. The van der Waals surface area contributed by atoms with Crippen molar-refractivity contribution in [3.05, 3.63) is 47.5 Å². The Morgan fingerprint density at radius 3 is 2.53 bits per heavy atom. The average molecular weight is 742 g/mol. The normalized spacial score (nSPS) is 23.0. The highest BCUT2D eigenvalue weighted by Crippen LogP contribution is 2.45. The van der Waals surface area contributed by atoms with Gasteiger partial charge in [0.2, 0.25) is 5.88 Å². The maximum absolute atomic E-state index is 17.4. The molecule has 0 unspecified atom stereocenters. The van der Waals surface area contributed by atoms with Crippen LogP contribution in [0.4, 0.5) is 19.0 Å². The molecule has 7 nitrogen and oxygen atoms in total. The molecule has 0 saturated carbocycles. The maximum Gasteiger partial charge on any atom is 0.319 e. The SMILES string of the molecule is CC(C)[Si](C#Cc1c(F)ccc2cccc(-c3nc4c5c(nc(OC[C@@]67CCCN6C[C@H](F)C7)nc5c3F)N3CCCC[C@H]3CO4)c12)(C(C)C)C(C)C. The van der Waals surface area contributed by atoms with Crippen LogP contribution in [0.25, 0.3) is 32.9 Å². The van der Waals surface area contributed by atoms with Crippen molar-refractivity contribution in [3.63, 3.8) is 0 Å². The van der Waals surface area contributed by atoms with Crippen LogP contribution in [0, 0.1) is 23.1 Å². The number of ether oxygens (including phenoxy) is 2. The van der Waals surface area contributed by atoms with Crippen molar-refractivity contribution in [2.24, 2.45) is 0 Å². The number of piperidine rings is 1. The predicted molar refractivity (Wildman–Crippen MR) is 207 cm³/mol. The minimum absolute atomic E-state index is 0.0129. The summed E-state index contributed by atoms with van der Waals surface area (Å²) < 4.78 is 60.9. The molecule has 0 bridgehead atoms. The van der Waals surface area contributed by atoms with Gasteiger partial charge in [0, 0.05) is 30.5 Å². The molecule has 3 saturated heterocycles. The van der Waals surface area contributed by atoms with Crippen molar-refractivity contribution in [2.45, 2.75) is 114 Å². The van der Waals surface area contributed by atoms with E-state index in [-0.39, 0.29) is 41.3 Å². The van der Waals surface area contributed by atoms with Crippen molar-refractivity contribution in [2.75, 3.05) is 37.7 Å². The molecule has 0 N–H and O–H groups in total. The topological polar surface area (TPSA) is 63.6 Å². The summed E-state index contributed by atoms with van der Waals surface area (Å²) in [6, 6.07) is 8.74. The van der Waals surface area contributed by atoms with Crippen LogP contribution in [0.3, 0.4) is 0 Å². The summed E-state index contributed by atoms with van der Waals surface area (Å²) in [6.07, 6.45) is 4.24. The van der Waals surface area contributed by atoms with Crippen LogP contribution in [0.2, 0.25) is 16.6 Å². The fourth-order valence-corrected chi connectivity index (χ4v) is 15.4. The summed E-state index contributed by atoms with van der Waals surface area (Å²) in [7, 11) is -2.23. The highest BCUT2D eigenvalue weighted by molar-refractivity contribution is 6.90. The quantitative estimate of drug-likeness (QED) is 0.138. The molecule has 3 atom stereocenters. The lowest BCUT2D eigenvalue weighted by atomic mass is 9.95. The third kappa shape index (κ3) is 5.95. The summed E-state index contributed by atoms with van der Waals surface area (Å²) in [5.41, 5.74) is 5.05. The van der Waals surface area contributed by atoms with E-state index in [0.717, 1.165) is 50.6 Å². The molecule has 4 aromatic rings. The number of nitrogens with zero attached hydrogens (tertiary/aromatic N) is 5. The van der Waals surface area contributed by atoms with Crippen LogP contribution in [-0.4, -0.2) is 78.5 Å². The molecular formula is C42H50F3N5O2Si. The molecule has 11 heteroatoms. The van der Waals surface area contributed by atoms with Gasteiger partial charge in [0.15, 0.2) is 5.82 Å². The highest BCUT2D eigenvalue weighted by atomic mass is 28.3. The van der Waals surface area contributed by atoms with Gasteiger partial charge in [-0.25, -0.2) is 18.2 Å². The molecule has 53 heavy (non-hydrogen) atoms. The molecule has 2 aromatic carbocycles. The molecule has 0 amide bonds. The summed E-state index contributed by atoms with van der Waals surface area (Å²) in [5, 5.41) is 1.65. The molecule has 8 rings (SSSR count). The second-order valence-electron chi connectivity index (χ2n) is 16.6. The summed E-state index contributed by atoms with van der Waals surface area (Å²) >= 11 is 0. The van der Waals surface area contributed by atoms with E-state index in [1.807, 2.05) is 12.1 Å². The van der Waals surface area contributed by atoms with Gasteiger partial charge in [0.05, 0.1) is 17.1 Å². The Labute approximate surface area is 311 Å². The maximum atomic E-state index is 17.4. The van der Waals surface area contributed by atoms with Gasteiger partial charge in [0.25, 0.3) is 0 Å². The summed E-state index contributed by atoms with van der Waals surface area (Å²) in [4.78, 5) is 18.9. The monoisotopic (exact) mass is 741 g/mol. The fourth-order valence-electron chi connectivity index (χ4n) is 10.2. The lowest BCUT2D eigenvalue weighted by Gasteiger charge is -2.38. The Balaban J connectivity index is 1.31. The van der Waals surface area contributed by atoms with E-state index in [9.17, 15) is 4.39 Å². The Morgan fingerprint density at radius 1 is 0.962 bits per heavy atom. The third-order valence-corrected chi connectivity index (χ3v) is 19.1. The lowest BCUT2D eigenvalue weighted by Crippen LogP contribution is -2.44. The van der Waals surface area contributed by atoms with Crippen molar-refractivity contribution >= 4 is 35.6 Å². The van der Waals surface area contributed by atoms with Crippen molar-refractivity contribution < 1.29 is 22.6 Å². The molecule has 280 valence electrons. The first kappa shape index (κ1) is 36.1. The molecule has 4 aliphatic heterocycles. The number of anilines is 1. The Hall–Kier alpha value is -3.88. The number of benzene rings is 2. The highest BCUT2D eigenvalue weighted by Gasteiger charge is 2.49. The molecule has 0 aliphatic carbocycles. The number of hydrogen-bond donors (Lipinski definition) is 0. The first-order valence-corrected chi connectivity index (χ1v) is 21.7. The molecule has 6 heterocycles. The third-order valence-electron chi connectivity index (χ3n) is 12.8. The number of pyridine rings is 1. The Kier molecular flexibility index (Phi) is 9.37. The minimum Gasteiger partial charge on any atom is -0.475 e. The summed E-state index contributed by atoms with van der Waals surface area (Å²) in [6.45, 7) is 15.9. The molecule has 4 aliphatic rings. The van der Waals surface area contributed by atoms with Gasteiger partial charge in [0.1, 0.15) is 55.7 Å². The minimum atomic E-state index is -2.23. The van der Waals surface area contributed by atoms with Gasteiger partial charge in [-0.1, -0.05) is 71.7 Å². The zero-order chi connectivity index (χ0) is 37.2. The average Bonchev–Trinajstić information content (AvgIpc) is 3.60. The van der Waals surface area contributed by atoms with Crippen LogP contribution in [0.5, 0.6) is 11.9 Å². The van der Waals surface area contributed by atoms with Gasteiger partial charge in [-0.3, -0.25) is 4.90 Å². The number of aromatic nitrogens is 3. The zero-order valence-corrected chi connectivity index (χ0v) is 32.7. The Bertz CT molecular complexity index is 2110. The van der Waals surface area contributed by atoms with E-state index in [1.165, 1.54) is 6.07 Å². The van der Waals surface area contributed by atoms with Crippen LogP contribution in [0.15, 0.2) is 30.3 Å². The number of hydrogen-bond acceptors (Lipinski definition) is 7. The molecular weight excluding hydrogens is 692 g/mol. The van der Waals surface area contributed by atoms with Gasteiger partial charge >= 0.3 is 6.01 Å². The van der Waals surface area contributed by atoms with E-state index in [1.54, 1.807) is 12.1 Å². The largest absolute Gasteiger partial charge is 0.475 e. The van der Waals surface area contributed by atoms with Crippen molar-refractivity contribution in [1.82, 2.24) is 19.9 Å². The van der Waals surface area contributed by atoms with E-state index < -0.39 is 31.4 Å². The van der Waals surface area contributed by atoms with E-state index >= 15 is 8.78 Å². The molecule has 2 aromatic heterocycles. The second kappa shape index (κ2) is 13.8. The van der Waals surface area contributed by atoms with Crippen LogP contribution in [0.1, 0.15) is 85.6 Å². The second-order valence-corrected chi connectivity index (χ2v) is 22.2. The van der Waals surface area contributed by atoms with Gasteiger partial charge in [-0.2, -0.15) is 9.97 Å². The van der Waals surface area contributed by atoms with Crippen molar-refractivity contribution in [3.8, 4) is 34.6 Å². The van der Waals surface area contributed by atoms with E-state index in [0.29, 0.717) is 58.3 Å². The van der Waals surface area contributed by atoms with E-state index in [2.05, 4.69) is 62.8 Å². The zero-order valence-electron chi connectivity index (χ0n) is 31.7. The number of rotatable bonds is 7. The summed E-state index contributed by atoms with van der Waals surface area (Å²) in [5.74, 6) is 3.03. The standard InChI is InChI=1S/C42H50F3N5O2Si/c1-25(2)53(26(3)4,27(5)6)20-16-31-33(44)15-14-28-11-9-13-32(34(28)31)37-36(45)38-35-39(50-19-8-7-12-30(50)23-51-40(35)46-37)48-41(47-38)52-24-42-17-10-18-49(42)22-29(43)21-42/h9,11,13-15,25-27,29-30H,7-8,10,12,17-19,21-24H2,1-6H3/t29-,30+,42+/m1/s1. The smallest absolute Gasteiger partial charge is 0.319 e. The first-order chi connectivity index (χ1) is 25.4. The lowest BCUT2D eigenvalue weighted by molar-refractivity contribution is 0.107. The van der Waals surface area contributed by atoms with Crippen molar-refractivity contribution in [1.29, 1.82) is 0 Å². The van der Waals surface area contributed by atoms with Crippen LogP contribution < -0.4 is 14.4 Å². The van der Waals surface area contributed by atoms with Crippen LogP contribution >= 0.6 is 0 Å². The predicted octanol–water partition coefficient (Wildman–Crippen LogP) is 9.40. The number of alkyl halides is 1. The Morgan fingerprint density at radius 2 is 1.75 bits per heavy atom. The van der Waals surface area contributed by atoms with E-state index in [4.69, 9.17) is 24.4 Å². The van der Waals surface area contributed by atoms with Gasteiger partial charge in [-0.15, -0.1) is 5.54 Å². The van der Waals surface area contributed by atoms with Gasteiger partial charge < -0.3 is 14.4 Å². The molecule has 0 spiro atoms. The number of fused-ring (bicyclic) bond motifs is 4. The van der Waals surface area contributed by atoms with Crippen LogP contribution in [-0.2, 0) is 0 Å². The fraction of sp³-hybridized carbons (Fsp3) is 0.548. The number of halogens is 3. The first-order valence-electron chi connectivity index (χ1n) is 19.5. The van der Waals surface area contributed by atoms with Gasteiger partial charge in [-0.05, 0) is 66.7 Å². The molecule has 0 radical (unpaired) electrons.